The van der Waals surface area contributed by atoms with Gasteiger partial charge < -0.3 is 16.4 Å². The molecule has 1 aromatic carbocycles. The first-order valence-corrected chi connectivity index (χ1v) is 6.55. The molecule has 2 amide bonds. The van der Waals surface area contributed by atoms with Crippen LogP contribution < -0.4 is 16.4 Å². The number of amides is 2. The van der Waals surface area contributed by atoms with Gasteiger partial charge in [-0.15, -0.1) is 0 Å². The van der Waals surface area contributed by atoms with E-state index in [1.807, 2.05) is 19.1 Å². The average Bonchev–Trinajstić information content (AvgIpc) is 2.86. The summed E-state index contributed by atoms with van der Waals surface area (Å²) in [7, 11) is 0. The van der Waals surface area contributed by atoms with Crippen molar-refractivity contribution in [1.29, 1.82) is 0 Å². The number of primary amides is 1. The normalized spacial score (nSPS) is 10.1. The highest BCUT2D eigenvalue weighted by molar-refractivity contribution is 6.07. The van der Waals surface area contributed by atoms with Crippen LogP contribution in [0, 0.1) is 0 Å². The molecule has 0 unspecified atom stereocenters. The highest BCUT2D eigenvalue weighted by Gasteiger charge is 2.11. The molecule has 7 heteroatoms. The Labute approximate surface area is 122 Å². The number of hydrogen-bond acceptors (Lipinski definition) is 4. The Bertz CT molecular complexity index is 650. The smallest absolute Gasteiger partial charge is 0.257 e. The molecule has 1 aromatic heterocycles. The first kappa shape index (κ1) is 14.6. The number of para-hydroxylation sites is 1. The van der Waals surface area contributed by atoms with Crippen molar-refractivity contribution < 1.29 is 9.59 Å². The molecule has 4 N–H and O–H groups in total. The van der Waals surface area contributed by atoms with Gasteiger partial charge >= 0.3 is 0 Å². The van der Waals surface area contributed by atoms with Gasteiger partial charge in [0.05, 0.1) is 17.4 Å². The zero-order valence-electron chi connectivity index (χ0n) is 11.7. The minimum atomic E-state index is -0.492. The predicted molar refractivity (Wildman–Crippen MR) is 80.0 cm³/mol. The van der Waals surface area contributed by atoms with Crippen LogP contribution in [0.5, 0.6) is 0 Å². The monoisotopic (exact) mass is 287 g/mol. The van der Waals surface area contributed by atoms with Crippen LogP contribution in [0.3, 0.4) is 0 Å². The second-order valence-electron chi connectivity index (χ2n) is 4.42. The molecular weight excluding hydrogens is 270 g/mol. The molecular formula is C14H17N5O2. The molecule has 0 saturated carbocycles. The lowest BCUT2D eigenvalue weighted by Gasteiger charge is -2.09. The molecule has 0 aliphatic carbocycles. The van der Waals surface area contributed by atoms with Gasteiger partial charge in [-0.1, -0.05) is 12.1 Å². The summed E-state index contributed by atoms with van der Waals surface area (Å²) in [4.78, 5) is 23.1. The molecule has 0 aliphatic heterocycles. The molecule has 0 fully saturated rings. The standard InChI is InChI=1S/C14H17N5O2/c1-2-16-12-6-4-3-5-11(12)14(21)18-10-7-17-19(8-10)9-13(15)20/h3-8,16H,2,9H2,1H3,(H2,15,20)(H,18,21). The van der Waals surface area contributed by atoms with Crippen LogP contribution in [0.2, 0.25) is 0 Å². The van der Waals surface area contributed by atoms with Crippen molar-refractivity contribution in [2.24, 2.45) is 5.73 Å². The minimum absolute atomic E-state index is 0.0240. The summed E-state index contributed by atoms with van der Waals surface area (Å²) in [6, 6.07) is 7.24. The van der Waals surface area contributed by atoms with E-state index in [4.69, 9.17) is 5.73 Å². The van der Waals surface area contributed by atoms with Crippen LogP contribution >= 0.6 is 0 Å². The zero-order valence-corrected chi connectivity index (χ0v) is 11.7. The van der Waals surface area contributed by atoms with E-state index in [1.165, 1.54) is 10.9 Å². The zero-order chi connectivity index (χ0) is 15.2. The van der Waals surface area contributed by atoms with Crippen LogP contribution in [0.15, 0.2) is 36.7 Å². The number of hydrogen-bond donors (Lipinski definition) is 3. The maximum absolute atomic E-state index is 12.3. The van der Waals surface area contributed by atoms with E-state index in [0.29, 0.717) is 11.3 Å². The van der Waals surface area contributed by atoms with E-state index in [1.54, 1.807) is 18.3 Å². The number of anilines is 2. The van der Waals surface area contributed by atoms with Gasteiger partial charge in [0, 0.05) is 18.4 Å². The highest BCUT2D eigenvalue weighted by Crippen LogP contribution is 2.16. The number of aromatic nitrogens is 2. The summed E-state index contributed by atoms with van der Waals surface area (Å²) in [5.41, 5.74) is 6.90. The van der Waals surface area contributed by atoms with Crippen molar-refractivity contribution >= 4 is 23.2 Å². The van der Waals surface area contributed by atoms with Gasteiger partial charge in [-0.2, -0.15) is 5.10 Å². The van der Waals surface area contributed by atoms with Crippen molar-refractivity contribution in [2.75, 3.05) is 17.2 Å². The molecule has 110 valence electrons. The van der Waals surface area contributed by atoms with Crippen LogP contribution in [-0.4, -0.2) is 28.1 Å². The van der Waals surface area contributed by atoms with Gasteiger partial charge in [0.1, 0.15) is 6.54 Å². The second kappa shape index (κ2) is 6.56. The average molecular weight is 287 g/mol. The summed E-state index contributed by atoms with van der Waals surface area (Å²) >= 11 is 0. The van der Waals surface area contributed by atoms with E-state index in [-0.39, 0.29) is 12.5 Å². The van der Waals surface area contributed by atoms with E-state index in [2.05, 4.69) is 15.7 Å². The van der Waals surface area contributed by atoms with Crippen LogP contribution in [-0.2, 0) is 11.3 Å². The third-order valence-corrected chi connectivity index (χ3v) is 2.75. The lowest BCUT2D eigenvalue weighted by atomic mass is 10.1. The molecule has 0 aliphatic rings. The largest absolute Gasteiger partial charge is 0.385 e. The van der Waals surface area contributed by atoms with Gasteiger partial charge in [-0.25, -0.2) is 0 Å². The number of nitrogens with one attached hydrogen (secondary N) is 2. The molecule has 0 saturated heterocycles. The number of carbonyl (C=O) groups excluding carboxylic acids is 2. The molecule has 1 heterocycles. The van der Waals surface area contributed by atoms with Crippen LogP contribution in [0.1, 0.15) is 17.3 Å². The molecule has 21 heavy (non-hydrogen) atoms. The SMILES string of the molecule is CCNc1ccccc1C(=O)Nc1cnn(CC(N)=O)c1. The quantitative estimate of drug-likeness (QED) is 0.739. The molecule has 0 spiro atoms. The summed E-state index contributed by atoms with van der Waals surface area (Å²) in [5.74, 6) is -0.737. The highest BCUT2D eigenvalue weighted by atomic mass is 16.2. The maximum Gasteiger partial charge on any atom is 0.257 e. The minimum Gasteiger partial charge on any atom is -0.385 e. The van der Waals surface area contributed by atoms with Crippen molar-refractivity contribution in [1.82, 2.24) is 9.78 Å². The van der Waals surface area contributed by atoms with Gasteiger partial charge in [-0.3, -0.25) is 14.3 Å². The molecule has 2 rings (SSSR count). The maximum atomic E-state index is 12.3. The van der Waals surface area contributed by atoms with Crippen LogP contribution in [0.25, 0.3) is 0 Å². The Kier molecular flexibility index (Phi) is 4.55. The second-order valence-corrected chi connectivity index (χ2v) is 4.42. The van der Waals surface area contributed by atoms with Crippen molar-refractivity contribution in [2.45, 2.75) is 13.5 Å². The lowest BCUT2D eigenvalue weighted by Crippen LogP contribution is -2.18. The van der Waals surface area contributed by atoms with E-state index in [9.17, 15) is 9.59 Å². The first-order chi connectivity index (χ1) is 10.1. The Morgan fingerprint density at radius 3 is 2.81 bits per heavy atom. The fourth-order valence-electron chi connectivity index (χ4n) is 1.90. The number of benzene rings is 1. The Balaban J connectivity index is 2.11. The first-order valence-electron chi connectivity index (χ1n) is 6.55. The number of rotatable bonds is 6. The lowest BCUT2D eigenvalue weighted by molar-refractivity contribution is -0.118. The molecule has 2 aromatic rings. The fraction of sp³-hybridized carbons (Fsp3) is 0.214. The van der Waals surface area contributed by atoms with Crippen molar-refractivity contribution in [3.05, 3.63) is 42.2 Å². The molecule has 0 atom stereocenters. The van der Waals surface area contributed by atoms with E-state index in [0.717, 1.165) is 12.2 Å². The van der Waals surface area contributed by atoms with Gasteiger partial charge in [0.15, 0.2) is 0 Å². The van der Waals surface area contributed by atoms with Gasteiger partial charge in [0.2, 0.25) is 5.91 Å². The molecule has 7 nitrogen and oxygen atoms in total. The Morgan fingerprint density at radius 2 is 2.10 bits per heavy atom. The Hall–Kier alpha value is -2.83. The van der Waals surface area contributed by atoms with Crippen molar-refractivity contribution in [3.8, 4) is 0 Å². The number of carbonyl (C=O) groups is 2. The predicted octanol–water partition coefficient (Wildman–Crippen LogP) is 1.05. The summed E-state index contributed by atoms with van der Waals surface area (Å²) < 4.78 is 1.37. The van der Waals surface area contributed by atoms with Crippen LogP contribution in [0.4, 0.5) is 11.4 Å². The fourth-order valence-corrected chi connectivity index (χ4v) is 1.90. The van der Waals surface area contributed by atoms with Gasteiger partial charge in [-0.05, 0) is 19.1 Å². The number of nitrogens with two attached hydrogens (primary N) is 1. The summed E-state index contributed by atoms with van der Waals surface area (Å²) in [5, 5.41) is 9.81. The van der Waals surface area contributed by atoms with Gasteiger partial charge in [0.25, 0.3) is 5.91 Å². The topological polar surface area (TPSA) is 102 Å². The third-order valence-electron chi connectivity index (χ3n) is 2.75. The Morgan fingerprint density at radius 1 is 1.33 bits per heavy atom. The molecule has 0 radical (unpaired) electrons. The van der Waals surface area contributed by atoms with Crippen molar-refractivity contribution in [3.63, 3.8) is 0 Å². The summed E-state index contributed by atoms with van der Waals surface area (Å²) in [6.07, 6.45) is 3.02. The third kappa shape index (κ3) is 3.82. The summed E-state index contributed by atoms with van der Waals surface area (Å²) in [6.45, 7) is 2.66. The number of nitrogens with zero attached hydrogens (tertiary/aromatic N) is 2. The van der Waals surface area contributed by atoms with E-state index < -0.39 is 5.91 Å². The molecule has 0 bridgehead atoms. The van der Waals surface area contributed by atoms with E-state index >= 15 is 0 Å².